The first-order chi connectivity index (χ1) is 11.8. The summed E-state index contributed by atoms with van der Waals surface area (Å²) in [6.45, 7) is 7.84. The molecule has 2 unspecified atom stereocenters. The lowest BCUT2D eigenvalue weighted by Gasteiger charge is -2.38. The van der Waals surface area contributed by atoms with Gasteiger partial charge < -0.3 is 10.0 Å². The second kappa shape index (κ2) is 7.85. The monoisotopic (exact) mass is 344 g/mol. The molecule has 2 atom stereocenters. The number of benzene rings is 1. The van der Waals surface area contributed by atoms with E-state index in [1.165, 1.54) is 0 Å². The number of hydrogen-bond acceptors (Lipinski definition) is 4. The molecule has 0 radical (unpaired) electrons. The van der Waals surface area contributed by atoms with Gasteiger partial charge in [-0.3, -0.25) is 15.1 Å². The van der Waals surface area contributed by atoms with Gasteiger partial charge in [-0.25, -0.2) is 0 Å². The van der Waals surface area contributed by atoms with Crippen LogP contribution in [0.25, 0.3) is 0 Å². The van der Waals surface area contributed by atoms with Crippen molar-refractivity contribution in [3.8, 4) is 0 Å². The van der Waals surface area contributed by atoms with Crippen molar-refractivity contribution in [2.24, 2.45) is 5.41 Å². The maximum absolute atomic E-state index is 12.4. The molecule has 1 aliphatic rings. The number of amides is 1. The van der Waals surface area contributed by atoms with Gasteiger partial charge in [0.25, 0.3) is 0 Å². The minimum atomic E-state index is -0.744. The fraction of sp³-hybridized carbons (Fsp3) is 0.450. The third-order valence-corrected chi connectivity index (χ3v) is 4.62. The Morgan fingerprint density at radius 2 is 1.96 bits per heavy atom. The van der Waals surface area contributed by atoms with E-state index >= 15 is 0 Å². The zero-order valence-corrected chi connectivity index (χ0v) is 15.6. The van der Waals surface area contributed by atoms with Crippen LogP contribution in [0, 0.1) is 5.41 Å². The summed E-state index contributed by atoms with van der Waals surface area (Å²) < 4.78 is 0. The van der Waals surface area contributed by atoms with Crippen LogP contribution in [0.2, 0.25) is 0 Å². The Morgan fingerprint density at radius 3 is 2.52 bits per heavy atom. The zero-order valence-electron chi connectivity index (χ0n) is 15.6. The van der Waals surface area contributed by atoms with Gasteiger partial charge in [0.05, 0.1) is 25.0 Å². The topological polar surface area (TPSA) is 61.8 Å². The van der Waals surface area contributed by atoms with E-state index in [1.807, 2.05) is 63.3 Å². The van der Waals surface area contributed by atoms with Gasteiger partial charge in [0.1, 0.15) is 0 Å². The van der Waals surface area contributed by atoms with Crippen molar-refractivity contribution in [1.82, 2.24) is 10.4 Å². The highest BCUT2D eigenvalue weighted by Gasteiger charge is 2.38. The van der Waals surface area contributed by atoms with Gasteiger partial charge >= 0.3 is 0 Å². The van der Waals surface area contributed by atoms with Gasteiger partial charge in [0.15, 0.2) is 0 Å². The SMILES string of the molecule is CONC1=CC(C)(C)C(O)C(N(Cc2ccccc2)C(C)=O)C=C1C. The standard InChI is InChI=1S/C20H28N2O3/c1-14-11-18(19(24)20(3,4)12-17(14)21-25-5)22(15(2)23)13-16-9-7-6-8-10-16/h6-12,18-19,21,24H,13H2,1-5H3. The summed E-state index contributed by atoms with van der Waals surface area (Å²) in [4.78, 5) is 19.1. The summed E-state index contributed by atoms with van der Waals surface area (Å²) in [5.41, 5.74) is 5.09. The number of nitrogens with zero attached hydrogens (tertiary/aromatic N) is 1. The highest BCUT2D eigenvalue weighted by molar-refractivity contribution is 5.74. The van der Waals surface area contributed by atoms with Gasteiger partial charge in [0.2, 0.25) is 5.91 Å². The van der Waals surface area contributed by atoms with Gasteiger partial charge in [-0.1, -0.05) is 56.3 Å². The van der Waals surface area contributed by atoms with E-state index < -0.39 is 17.6 Å². The van der Waals surface area contributed by atoms with Crippen LogP contribution in [0.3, 0.4) is 0 Å². The van der Waals surface area contributed by atoms with Crippen LogP contribution >= 0.6 is 0 Å². The Hall–Kier alpha value is -2.11. The van der Waals surface area contributed by atoms with Gasteiger partial charge in [0, 0.05) is 18.9 Å². The number of aliphatic hydroxyl groups is 1. The molecule has 2 N–H and O–H groups in total. The van der Waals surface area contributed by atoms with Crippen LogP contribution in [-0.2, 0) is 16.2 Å². The van der Waals surface area contributed by atoms with Gasteiger partial charge in [-0.05, 0) is 18.1 Å². The average Bonchev–Trinajstić information content (AvgIpc) is 2.64. The highest BCUT2D eigenvalue weighted by atomic mass is 16.6. The molecule has 25 heavy (non-hydrogen) atoms. The zero-order chi connectivity index (χ0) is 18.6. The highest BCUT2D eigenvalue weighted by Crippen LogP contribution is 2.34. The fourth-order valence-electron chi connectivity index (χ4n) is 3.14. The molecule has 0 spiro atoms. The van der Waals surface area contributed by atoms with Crippen LogP contribution in [0.1, 0.15) is 33.3 Å². The van der Waals surface area contributed by atoms with Crippen molar-refractivity contribution >= 4 is 5.91 Å². The summed E-state index contributed by atoms with van der Waals surface area (Å²) in [5.74, 6) is -0.0732. The van der Waals surface area contributed by atoms with Crippen LogP contribution in [0.15, 0.2) is 53.8 Å². The van der Waals surface area contributed by atoms with Crippen molar-refractivity contribution in [1.29, 1.82) is 0 Å². The number of hydrogen-bond donors (Lipinski definition) is 2. The number of allylic oxidation sites excluding steroid dienone is 1. The number of aliphatic hydroxyl groups excluding tert-OH is 1. The van der Waals surface area contributed by atoms with E-state index in [2.05, 4.69) is 5.48 Å². The average molecular weight is 344 g/mol. The largest absolute Gasteiger partial charge is 0.390 e. The molecule has 0 heterocycles. The van der Waals surface area contributed by atoms with Crippen molar-refractivity contribution in [3.63, 3.8) is 0 Å². The lowest BCUT2D eigenvalue weighted by Crippen LogP contribution is -2.49. The van der Waals surface area contributed by atoms with E-state index in [4.69, 9.17) is 4.84 Å². The molecule has 5 heteroatoms. The summed E-state index contributed by atoms with van der Waals surface area (Å²) in [6.07, 6.45) is 3.14. The van der Waals surface area contributed by atoms with Crippen LogP contribution in [0.5, 0.6) is 0 Å². The Labute approximate surface area is 149 Å². The molecular formula is C20H28N2O3. The molecule has 1 aromatic rings. The maximum Gasteiger partial charge on any atom is 0.220 e. The molecule has 0 aromatic heterocycles. The fourth-order valence-corrected chi connectivity index (χ4v) is 3.14. The lowest BCUT2D eigenvalue weighted by molar-refractivity contribution is -0.134. The molecule has 2 rings (SSSR count). The van der Waals surface area contributed by atoms with Gasteiger partial charge in [-0.2, -0.15) is 0 Å². The van der Waals surface area contributed by atoms with Crippen molar-refractivity contribution < 1.29 is 14.7 Å². The Morgan fingerprint density at radius 1 is 1.32 bits per heavy atom. The maximum atomic E-state index is 12.4. The number of nitrogens with one attached hydrogen (secondary N) is 1. The number of hydroxylamine groups is 1. The van der Waals surface area contributed by atoms with Crippen LogP contribution in [-0.4, -0.2) is 35.2 Å². The van der Waals surface area contributed by atoms with E-state index in [9.17, 15) is 9.90 Å². The minimum Gasteiger partial charge on any atom is -0.390 e. The number of rotatable bonds is 5. The first-order valence-corrected chi connectivity index (χ1v) is 8.46. The molecule has 0 aliphatic heterocycles. The summed E-state index contributed by atoms with van der Waals surface area (Å²) in [5, 5.41) is 11.0. The molecule has 0 saturated heterocycles. The van der Waals surface area contributed by atoms with Gasteiger partial charge in [-0.15, -0.1) is 0 Å². The molecule has 0 saturated carbocycles. The predicted molar refractivity (Wildman–Crippen MR) is 98.2 cm³/mol. The molecule has 5 nitrogen and oxygen atoms in total. The molecule has 0 fully saturated rings. The second-order valence-electron chi connectivity index (χ2n) is 7.10. The van der Waals surface area contributed by atoms with E-state index in [-0.39, 0.29) is 5.91 Å². The van der Waals surface area contributed by atoms with E-state index in [0.29, 0.717) is 6.54 Å². The number of carbonyl (C=O) groups is 1. The second-order valence-corrected chi connectivity index (χ2v) is 7.10. The quantitative estimate of drug-likeness (QED) is 0.807. The Kier molecular flexibility index (Phi) is 6.03. The van der Waals surface area contributed by atoms with E-state index in [0.717, 1.165) is 16.8 Å². The Balaban J connectivity index is 2.41. The number of carbonyl (C=O) groups excluding carboxylic acids is 1. The predicted octanol–water partition coefficient (Wildman–Crippen LogP) is 2.79. The van der Waals surface area contributed by atoms with Crippen LogP contribution < -0.4 is 5.48 Å². The first-order valence-electron chi connectivity index (χ1n) is 8.46. The normalized spacial score (nSPS) is 22.5. The minimum absolute atomic E-state index is 0.0732. The van der Waals surface area contributed by atoms with Crippen molar-refractivity contribution in [3.05, 3.63) is 59.3 Å². The summed E-state index contributed by atoms with van der Waals surface area (Å²) >= 11 is 0. The summed E-state index contributed by atoms with van der Waals surface area (Å²) in [6, 6.07) is 9.38. The Bertz CT molecular complexity index is 665. The molecule has 1 aliphatic carbocycles. The lowest BCUT2D eigenvalue weighted by atomic mass is 9.82. The molecule has 0 bridgehead atoms. The van der Waals surface area contributed by atoms with Crippen molar-refractivity contribution in [2.45, 2.75) is 46.4 Å². The smallest absolute Gasteiger partial charge is 0.220 e. The molecule has 1 amide bonds. The third kappa shape index (κ3) is 4.50. The van der Waals surface area contributed by atoms with Crippen LogP contribution in [0.4, 0.5) is 0 Å². The summed E-state index contributed by atoms with van der Waals surface area (Å²) in [7, 11) is 1.55. The molecular weight excluding hydrogens is 316 g/mol. The van der Waals surface area contributed by atoms with Crippen molar-refractivity contribution in [2.75, 3.05) is 7.11 Å². The third-order valence-electron chi connectivity index (χ3n) is 4.62. The molecule has 1 aromatic carbocycles. The molecule has 136 valence electrons. The first kappa shape index (κ1) is 19.2. The van der Waals surface area contributed by atoms with E-state index in [1.54, 1.807) is 18.9 Å².